The Bertz CT molecular complexity index is 3140. The highest BCUT2D eigenvalue weighted by molar-refractivity contribution is 6.21. The van der Waals surface area contributed by atoms with Crippen LogP contribution in [0.1, 0.15) is 25.0 Å². The Morgan fingerprint density at radius 1 is 0.264 bits per heavy atom. The molecule has 0 heteroatoms. The van der Waals surface area contributed by atoms with E-state index in [0.29, 0.717) is 0 Å². The lowest BCUT2D eigenvalue weighted by atomic mass is 9.80. The molecule has 0 saturated carbocycles. The molecule has 0 atom stereocenters. The maximum Gasteiger partial charge on any atom is 0.0159 e. The number of hydrogen-bond acceptors (Lipinski definition) is 0. The van der Waals surface area contributed by atoms with Crippen molar-refractivity contribution in [3.8, 4) is 44.5 Å². The Hall–Kier alpha value is -6.50. The van der Waals surface area contributed by atoms with E-state index in [4.69, 9.17) is 0 Å². The molecular weight excluding hydrogens is 637 g/mol. The summed E-state index contributed by atoms with van der Waals surface area (Å²) in [6.07, 6.45) is 0. The first-order valence-corrected chi connectivity index (χ1v) is 18.7. The van der Waals surface area contributed by atoms with E-state index in [-0.39, 0.29) is 5.41 Å². The molecule has 0 heterocycles. The average Bonchev–Trinajstić information content (AvgIpc) is 3.44. The first-order valence-electron chi connectivity index (χ1n) is 18.7. The number of rotatable bonds is 3. The zero-order chi connectivity index (χ0) is 35.3. The molecule has 0 N–H and O–H groups in total. The molecule has 0 aliphatic heterocycles. The third-order valence-corrected chi connectivity index (χ3v) is 12.0. The Kier molecular flexibility index (Phi) is 6.40. The fourth-order valence-electron chi connectivity index (χ4n) is 9.34. The third kappa shape index (κ3) is 4.49. The van der Waals surface area contributed by atoms with E-state index < -0.39 is 0 Å². The van der Waals surface area contributed by atoms with Crippen molar-refractivity contribution < 1.29 is 0 Å². The molecule has 11 rings (SSSR count). The van der Waals surface area contributed by atoms with E-state index in [0.717, 1.165) is 0 Å². The van der Waals surface area contributed by atoms with Crippen molar-refractivity contribution in [2.24, 2.45) is 0 Å². The van der Waals surface area contributed by atoms with E-state index in [9.17, 15) is 0 Å². The SMILES string of the molecule is CC1(C)c2cc(-c3cccc(-c4cc5c6ccccc6ccc5c5ccccc45)c3)ccc2-c2ccc(-c3cc4ccccc4c4ccccc34)cc21. The zero-order valence-electron chi connectivity index (χ0n) is 29.8. The Morgan fingerprint density at radius 3 is 1.45 bits per heavy atom. The van der Waals surface area contributed by atoms with Crippen molar-refractivity contribution in [2.45, 2.75) is 19.3 Å². The van der Waals surface area contributed by atoms with Crippen LogP contribution in [0.3, 0.4) is 0 Å². The van der Waals surface area contributed by atoms with Crippen molar-refractivity contribution in [3.05, 3.63) is 193 Å². The van der Waals surface area contributed by atoms with Gasteiger partial charge in [-0.3, -0.25) is 0 Å². The summed E-state index contributed by atoms with van der Waals surface area (Å²) in [4.78, 5) is 0. The summed E-state index contributed by atoms with van der Waals surface area (Å²) in [6.45, 7) is 4.79. The lowest BCUT2D eigenvalue weighted by molar-refractivity contribution is 0.661. The van der Waals surface area contributed by atoms with E-state index in [2.05, 4.69) is 196 Å². The largest absolute Gasteiger partial charge is 0.0616 e. The van der Waals surface area contributed by atoms with Crippen molar-refractivity contribution in [3.63, 3.8) is 0 Å². The molecule has 1 aliphatic rings. The second-order valence-electron chi connectivity index (χ2n) is 15.3. The van der Waals surface area contributed by atoms with Crippen LogP contribution in [0.4, 0.5) is 0 Å². The highest BCUT2D eigenvalue weighted by atomic mass is 14.4. The highest BCUT2D eigenvalue weighted by Gasteiger charge is 2.36. The second-order valence-corrected chi connectivity index (χ2v) is 15.3. The number of hydrogen-bond donors (Lipinski definition) is 0. The van der Waals surface area contributed by atoms with Gasteiger partial charge in [-0.2, -0.15) is 0 Å². The van der Waals surface area contributed by atoms with Crippen LogP contribution in [0.15, 0.2) is 182 Å². The molecule has 0 amide bonds. The molecule has 248 valence electrons. The van der Waals surface area contributed by atoms with E-state index >= 15 is 0 Å². The Labute approximate surface area is 309 Å². The molecule has 0 fully saturated rings. The fourth-order valence-corrected chi connectivity index (χ4v) is 9.34. The molecule has 0 radical (unpaired) electrons. The van der Waals surface area contributed by atoms with Crippen LogP contribution in [0.5, 0.6) is 0 Å². The molecule has 0 aromatic heterocycles. The quantitative estimate of drug-likeness (QED) is 0.164. The summed E-state index contributed by atoms with van der Waals surface area (Å²) in [5.74, 6) is 0. The molecule has 0 spiro atoms. The minimum Gasteiger partial charge on any atom is -0.0616 e. The van der Waals surface area contributed by atoms with Gasteiger partial charge in [0.15, 0.2) is 0 Å². The Balaban J connectivity index is 1.02. The predicted octanol–water partition coefficient (Wildman–Crippen LogP) is 14.8. The first kappa shape index (κ1) is 30.2. The van der Waals surface area contributed by atoms with Crippen LogP contribution in [0.2, 0.25) is 0 Å². The van der Waals surface area contributed by atoms with Gasteiger partial charge in [0.2, 0.25) is 0 Å². The summed E-state index contributed by atoms with van der Waals surface area (Å²) >= 11 is 0. The molecule has 0 saturated heterocycles. The Morgan fingerprint density at radius 2 is 0.736 bits per heavy atom. The van der Waals surface area contributed by atoms with Crippen molar-refractivity contribution in [1.29, 1.82) is 0 Å². The van der Waals surface area contributed by atoms with Crippen LogP contribution in [0.25, 0.3) is 98.4 Å². The monoisotopic (exact) mass is 672 g/mol. The molecule has 1 aliphatic carbocycles. The van der Waals surface area contributed by atoms with Gasteiger partial charge in [0.25, 0.3) is 0 Å². The molecule has 0 unspecified atom stereocenters. The highest BCUT2D eigenvalue weighted by Crippen LogP contribution is 2.51. The van der Waals surface area contributed by atoms with Crippen molar-refractivity contribution >= 4 is 53.9 Å². The summed E-state index contributed by atoms with van der Waals surface area (Å²) in [5.41, 5.74) is 12.9. The minimum atomic E-state index is -0.142. The molecule has 10 aromatic carbocycles. The lowest BCUT2D eigenvalue weighted by Gasteiger charge is -2.23. The fraction of sp³-hybridized carbons (Fsp3) is 0.0566. The molecule has 0 bridgehead atoms. The summed E-state index contributed by atoms with van der Waals surface area (Å²) in [6, 6.07) is 68.0. The van der Waals surface area contributed by atoms with Gasteiger partial charge in [-0.15, -0.1) is 0 Å². The second kappa shape index (κ2) is 11.2. The minimum absolute atomic E-state index is 0.142. The number of benzene rings is 10. The molecule has 10 aromatic rings. The van der Waals surface area contributed by atoms with Gasteiger partial charge < -0.3 is 0 Å². The lowest BCUT2D eigenvalue weighted by Crippen LogP contribution is -2.15. The van der Waals surface area contributed by atoms with E-state index in [1.54, 1.807) is 0 Å². The van der Waals surface area contributed by atoms with Crippen LogP contribution in [0, 0.1) is 0 Å². The van der Waals surface area contributed by atoms with Gasteiger partial charge in [-0.05, 0) is 140 Å². The molecule has 53 heavy (non-hydrogen) atoms. The standard InChI is InChI=1S/C53H36/c1-53(2)51-30-35(23-26-46(51)47-27-24-38(31-52(47)53)48-29-37-13-4-6-17-40(37)41-18-7-9-20-43(41)48)34-14-11-15-36(28-34)49-32-50-39-16-5-3-12-33(39)22-25-45(50)42-19-8-10-21-44(42)49/h3-32H,1-2H3. The first-order chi connectivity index (χ1) is 26.0. The topological polar surface area (TPSA) is 0 Å². The number of fused-ring (bicyclic) bond motifs is 11. The van der Waals surface area contributed by atoms with Gasteiger partial charge in [0.05, 0.1) is 0 Å². The van der Waals surface area contributed by atoms with Gasteiger partial charge in [-0.1, -0.05) is 166 Å². The van der Waals surface area contributed by atoms with Gasteiger partial charge >= 0.3 is 0 Å². The van der Waals surface area contributed by atoms with E-state index in [1.807, 2.05) is 0 Å². The van der Waals surface area contributed by atoms with Crippen LogP contribution in [-0.4, -0.2) is 0 Å². The predicted molar refractivity (Wildman–Crippen MR) is 228 cm³/mol. The maximum atomic E-state index is 2.46. The van der Waals surface area contributed by atoms with E-state index in [1.165, 1.54) is 109 Å². The van der Waals surface area contributed by atoms with Gasteiger partial charge in [-0.25, -0.2) is 0 Å². The smallest absolute Gasteiger partial charge is 0.0159 e. The van der Waals surface area contributed by atoms with Crippen LogP contribution < -0.4 is 0 Å². The summed E-state index contributed by atoms with van der Waals surface area (Å²) in [5, 5.41) is 12.9. The molecular formula is C53H36. The molecule has 0 nitrogen and oxygen atoms in total. The normalized spacial score (nSPS) is 13.2. The van der Waals surface area contributed by atoms with Crippen molar-refractivity contribution in [1.82, 2.24) is 0 Å². The van der Waals surface area contributed by atoms with Crippen LogP contribution >= 0.6 is 0 Å². The third-order valence-electron chi connectivity index (χ3n) is 12.0. The zero-order valence-corrected chi connectivity index (χ0v) is 29.8. The van der Waals surface area contributed by atoms with Crippen molar-refractivity contribution in [2.75, 3.05) is 0 Å². The summed E-state index contributed by atoms with van der Waals surface area (Å²) in [7, 11) is 0. The maximum absolute atomic E-state index is 2.46. The van der Waals surface area contributed by atoms with Crippen LogP contribution in [-0.2, 0) is 5.41 Å². The average molecular weight is 673 g/mol. The van der Waals surface area contributed by atoms with Gasteiger partial charge in [0.1, 0.15) is 0 Å². The summed E-state index contributed by atoms with van der Waals surface area (Å²) < 4.78 is 0. The van der Waals surface area contributed by atoms with Gasteiger partial charge in [0, 0.05) is 5.41 Å².